The average molecular weight is 458 g/mol. The zero-order valence-corrected chi connectivity index (χ0v) is 19.3. The molecule has 2 atom stereocenters. The molecule has 0 saturated carbocycles. The molecule has 0 aliphatic carbocycles. The zero-order chi connectivity index (χ0) is 23.4. The number of hydrazone groups is 1. The maximum atomic E-state index is 6.57. The van der Waals surface area contributed by atoms with Gasteiger partial charge >= 0.3 is 0 Å². The highest BCUT2D eigenvalue weighted by Crippen LogP contribution is 2.48. The summed E-state index contributed by atoms with van der Waals surface area (Å²) < 4.78 is 12.3. The highest BCUT2D eigenvalue weighted by Gasteiger charge is 2.41. The van der Waals surface area contributed by atoms with E-state index in [0.717, 1.165) is 51.2 Å². The van der Waals surface area contributed by atoms with Crippen molar-refractivity contribution in [1.29, 1.82) is 0 Å². The Labute approximate surface area is 203 Å². The minimum absolute atomic E-state index is 0.119. The van der Waals surface area contributed by atoms with Gasteiger partial charge in [0.05, 0.1) is 17.1 Å². The Hall–Kier alpha value is -4.38. The summed E-state index contributed by atoms with van der Waals surface area (Å²) in [7, 11) is 0. The van der Waals surface area contributed by atoms with Crippen LogP contribution in [-0.2, 0) is 0 Å². The van der Waals surface area contributed by atoms with Gasteiger partial charge in [-0.1, -0.05) is 89.6 Å². The molecule has 5 heteroatoms. The maximum absolute atomic E-state index is 6.57. The number of fused-ring (bicyclic) bond motifs is 4. The first-order chi connectivity index (χ1) is 17.2. The molecule has 0 radical (unpaired) electrons. The highest BCUT2D eigenvalue weighted by atomic mass is 16.5. The molecule has 0 N–H and O–H groups in total. The lowest BCUT2D eigenvalue weighted by atomic mass is 9.95. The van der Waals surface area contributed by atoms with Crippen molar-refractivity contribution in [2.75, 3.05) is 0 Å². The molecule has 0 fully saturated rings. The van der Waals surface area contributed by atoms with E-state index in [1.165, 1.54) is 11.1 Å². The number of hydrogen-bond donors (Lipinski definition) is 0. The zero-order valence-electron chi connectivity index (χ0n) is 19.3. The molecule has 2 aliphatic heterocycles. The molecule has 5 nitrogen and oxygen atoms in total. The Morgan fingerprint density at radius 3 is 2.49 bits per heavy atom. The molecule has 35 heavy (non-hydrogen) atoms. The van der Waals surface area contributed by atoms with Gasteiger partial charge in [-0.3, -0.25) is 0 Å². The summed E-state index contributed by atoms with van der Waals surface area (Å²) in [5.41, 5.74) is 7.50. The average Bonchev–Trinajstić information content (AvgIpc) is 3.54. The van der Waals surface area contributed by atoms with Crippen molar-refractivity contribution in [3.05, 3.63) is 119 Å². The summed E-state index contributed by atoms with van der Waals surface area (Å²) in [6, 6.07) is 33.3. The first kappa shape index (κ1) is 20.0. The van der Waals surface area contributed by atoms with Crippen LogP contribution in [0.5, 0.6) is 5.75 Å². The largest absolute Gasteiger partial charge is 0.464 e. The number of aryl methyl sites for hydroxylation is 1. The maximum Gasteiger partial charge on any atom is 0.213 e. The van der Waals surface area contributed by atoms with Crippen molar-refractivity contribution < 1.29 is 9.26 Å². The molecule has 170 valence electrons. The van der Waals surface area contributed by atoms with Gasteiger partial charge in [0.2, 0.25) is 6.23 Å². The Morgan fingerprint density at radius 2 is 1.63 bits per heavy atom. The fourth-order valence-corrected chi connectivity index (χ4v) is 5.09. The second kappa shape index (κ2) is 7.84. The number of aromatic nitrogens is 1. The SMILES string of the molecule is Cc1ccc(C2=NN3C(C2)c2ccccc2OC3c2ccc3noc(-c4ccccc4)c3c2)cc1. The van der Waals surface area contributed by atoms with E-state index in [0.29, 0.717) is 0 Å². The number of nitrogens with zero attached hydrogens (tertiary/aromatic N) is 3. The standard InChI is InChI=1S/C30H23N3O2/c1-19-11-13-20(14-12-19)26-18-27-23-9-5-6-10-28(23)34-30(33(27)31-26)22-15-16-25-24(17-22)29(35-32-25)21-7-3-2-4-8-21/h2-17,27,30H,18H2,1H3. The summed E-state index contributed by atoms with van der Waals surface area (Å²) >= 11 is 0. The van der Waals surface area contributed by atoms with E-state index in [-0.39, 0.29) is 12.3 Å². The van der Waals surface area contributed by atoms with Gasteiger partial charge in [-0.2, -0.15) is 5.10 Å². The lowest BCUT2D eigenvalue weighted by Crippen LogP contribution is -2.33. The van der Waals surface area contributed by atoms with Crippen LogP contribution in [0.25, 0.3) is 22.2 Å². The van der Waals surface area contributed by atoms with Crippen molar-refractivity contribution in [2.45, 2.75) is 25.6 Å². The van der Waals surface area contributed by atoms with E-state index < -0.39 is 0 Å². The topological polar surface area (TPSA) is 50.9 Å². The molecule has 2 unspecified atom stereocenters. The lowest BCUT2D eigenvalue weighted by molar-refractivity contribution is -0.0189. The Kier molecular flexibility index (Phi) is 4.49. The van der Waals surface area contributed by atoms with Crippen LogP contribution in [0.3, 0.4) is 0 Å². The molecule has 5 aromatic rings. The van der Waals surface area contributed by atoms with Gasteiger partial charge in [0, 0.05) is 23.1 Å². The Bertz CT molecular complexity index is 1570. The van der Waals surface area contributed by atoms with Gasteiger partial charge in [0.1, 0.15) is 11.3 Å². The molecular weight excluding hydrogens is 434 g/mol. The van der Waals surface area contributed by atoms with Gasteiger partial charge in [0.15, 0.2) is 5.76 Å². The van der Waals surface area contributed by atoms with E-state index in [4.69, 9.17) is 14.4 Å². The van der Waals surface area contributed by atoms with Gasteiger partial charge in [-0.05, 0) is 30.7 Å². The highest BCUT2D eigenvalue weighted by molar-refractivity contribution is 6.02. The Balaban J connectivity index is 1.34. The van der Waals surface area contributed by atoms with Gasteiger partial charge in [-0.25, -0.2) is 5.01 Å². The second-order valence-electron chi connectivity index (χ2n) is 9.17. The van der Waals surface area contributed by atoms with Crippen LogP contribution in [0.2, 0.25) is 0 Å². The van der Waals surface area contributed by atoms with E-state index in [2.05, 4.69) is 71.7 Å². The van der Waals surface area contributed by atoms with Crippen molar-refractivity contribution in [3.63, 3.8) is 0 Å². The first-order valence-electron chi connectivity index (χ1n) is 11.9. The van der Waals surface area contributed by atoms with E-state index in [1.807, 2.05) is 42.5 Å². The third kappa shape index (κ3) is 3.31. The van der Waals surface area contributed by atoms with Crippen LogP contribution in [0.4, 0.5) is 0 Å². The quantitative estimate of drug-likeness (QED) is 0.291. The van der Waals surface area contributed by atoms with Gasteiger partial charge in [-0.15, -0.1) is 0 Å². The van der Waals surface area contributed by atoms with Crippen LogP contribution in [0, 0.1) is 6.92 Å². The minimum atomic E-state index is -0.347. The molecule has 4 aromatic carbocycles. The van der Waals surface area contributed by atoms with E-state index >= 15 is 0 Å². The van der Waals surface area contributed by atoms with Crippen molar-refractivity contribution >= 4 is 16.6 Å². The van der Waals surface area contributed by atoms with Crippen molar-refractivity contribution in [3.8, 4) is 17.1 Å². The minimum Gasteiger partial charge on any atom is -0.464 e. The summed E-state index contributed by atoms with van der Waals surface area (Å²) in [6.45, 7) is 2.11. The second-order valence-corrected chi connectivity index (χ2v) is 9.17. The van der Waals surface area contributed by atoms with Crippen LogP contribution in [-0.4, -0.2) is 15.9 Å². The predicted molar refractivity (Wildman–Crippen MR) is 136 cm³/mol. The smallest absolute Gasteiger partial charge is 0.213 e. The summed E-state index contributed by atoms with van der Waals surface area (Å²) in [5, 5.41) is 12.5. The number of rotatable bonds is 3. The van der Waals surface area contributed by atoms with E-state index in [1.54, 1.807) is 0 Å². The predicted octanol–water partition coefficient (Wildman–Crippen LogP) is 7.05. The van der Waals surface area contributed by atoms with Crippen molar-refractivity contribution in [1.82, 2.24) is 10.2 Å². The summed E-state index contributed by atoms with van der Waals surface area (Å²) in [4.78, 5) is 0. The van der Waals surface area contributed by atoms with Gasteiger partial charge in [0.25, 0.3) is 0 Å². The van der Waals surface area contributed by atoms with Crippen LogP contribution in [0.15, 0.2) is 107 Å². The third-order valence-electron chi connectivity index (χ3n) is 6.91. The molecule has 3 heterocycles. The Morgan fingerprint density at radius 1 is 0.829 bits per heavy atom. The summed E-state index contributed by atoms with van der Waals surface area (Å²) in [5.74, 6) is 1.67. The fraction of sp³-hybridized carbons (Fsp3) is 0.133. The van der Waals surface area contributed by atoms with Crippen LogP contribution in [0.1, 0.15) is 40.9 Å². The van der Waals surface area contributed by atoms with Gasteiger partial charge < -0.3 is 9.26 Å². The van der Waals surface area contributed by atoms with Crippen LogP contribution >= 0.6 is 0 Å². The molecular formula is C30H23N3O2. The number of benzene rings is 4. The molecule has 0 spiro atoms. The molecule has 7 rings (SSSR count). The third-order valence-corrected chi connectivity index (χ3v) is 6.91. The monoisotopic (exact) mass is 457 g/mol. The molecule has 0 bridgehead atoms. The fourth-order valence-electron chi connectivity index (χ4n) is 5.09. The molecule has 0 amide bonds. The van der Waals surface area contributed by atoms with Crippen molar-refractivity contribution in [2.24, 2.45) is 5.10 Å². The van der Waals surface area contributed by atoms with E-state index in [9.17, 15) is 0 Å². The lowest BCUT2D eigenvalue weighted by Gasteiger charge is -2.38. The molecule has 1 aromatic heterocycles. The molecule has 0 saturated heterocycles. The number of para-hydroxylation sites is 1. The normalized spacial score (nSPS) is 18.7. The summed E-state index contributed by atoms with van der Waals surface area (Å²) in [6.07, 6.45) is 0.491. The first-order valence-corrected chi connectivity index (χ1v) is 11.9. The molecule has 2 aliphatic rings. The number of hydrogen-bond acceptors (Lipinski definition) is 5. The number of ether oxygens (including phenoxy) is 1. The van der Waals surface area contributed by atoms with Crippen LogP contribution < -0.4 is 4.74 Å².